The van der Waals surface area contributed by atoms with Crippen LogP contribution in [0.5, 0.6) is 0 Å². The maximum absolute atomic E-state index is 12.9. The summed E-state index contributed by atoms with van der Waals surface area (Å²) in [4.78, 5) is 23.8. The summed E-state index contributed by atoms with van der Waals surface area (Å²) in [6.45, 7) is 1.64. The van der Waals surface area contributed by atoms with Crippen LogP contribution < -0.4 is 10.2 Å². The van der Waals surface area contributed by atoms with Gasteiger partial charge in [0.05, 0.1) is 28.3 Å². The molecule has 0 spiro atoms. The van der Waals surface area contributed by atoms with Gasteiger partial charge in [-0.25, -0.2) is 18.4 Å². The van der Waals surface area contributed by atoms with E-state index in [9.17, 15) is 13.2 Å². The summed E-state index contributed by atoms with van der Waals surface area (Å²) in [5, 5.41) is 2.84. The number of piperidine rings is 1. The number of fused-ring (bicyclic) bond motifs is 1. The summed E-state index contributed by atoms with van der Waals surface area (Å²) in [5.41, 5.74) is 2.94. The summed E-state index contributed by atoms with van der Waals surface area (Å²) in [5.74, 6) is 0.255. The lowest BCUT2D eigenvalue weighted by Crippen LogP contribution is -2.48. The van der Waals surface area contributed by atoms with Crippen molar-refractivity contribution in [3.8, 4) is 0 Å². The van der Waals surface area contributed by atoms with Gasteiger partial charge in [-0.15, -0.1) is 0 Å². The van der Waals surface area contributed by atoms with Crippen molar-refractivity contribution in [2.45, 2.75) is 24.6 Å². The minimum absolute atomic E-state index is 0.000580. The van der Waals surface area contributed by atoms with Crippen molar-refractivity contribution in [2.75, 3.05) is 29.6 Å². The number of benzene rings is 2. The minimum atomic E-state index is -3.33. The highest BCUT2D eigenvalue weighted by molar-refractivity contribution is 7.91. The molecule has 1 aliphatic rings. The normalized spacial score (nSPS) is 18.2. The number of rotatable bonds is 7. The van der Waals surface area contributed by atoms with E-state index >= 15 is 0 Å². The van der Waals surface area contributed by atoms with Crippen LogP contribution in [0.15, 0.2) is 73.2 Å². The van der Waals surface area contributed by atoms with Gasteiger partial charge in [0.25, 0.3) is 5.91 Å². The monoisotopic (exact) mass is 537 g/mol. The van der Waals surface area contributed by atoms with Crippen LogP contribution in [0, 0.1) is 5.92 Å². The Kier molecular flexibility index (Phi) is 7.17. The topological polar surface area (TPSA) is 97.2 Å². The summed E-state index contributed by atoms with van der Waals surface area (Å²) in [6, 6.07) is 18.2. The Labute approximate surface area is 221 Å². The Hall–Kier alpha value is -3.43. The average Bonchev–Trinajstić information content (AvgIpc) is 3.30. The number of halogens is 1. The van der Waals surface area contributed by atoms with Crippen LogP contribution in [-0.2, 0) is 16.4 Å². The van der Waals surface area contributed by atoms with Gasteiger partial charge in [-0.3, -0.25) is 4.79 Å². The molecular formula is C27H28ClN5O3S. The first kappa shape index (κ1) is 25.2. The Balaban J connectivity index is 1.33. The number of aromatic nitrogens is 3. The van der Waals surface area contributed by atoms with E-state index in [0.29, 0.717) is 48.1 Å². The fraction of sp³-hybridized carbons (Fsp3) is 0.296. The number of amides is 1. The average molecular weight is 538 g/mol. The lowest BCUT2D eigenvalue weighted by atomic mass is 9.92. The van der Waals surface area contributed by atoms with Gasteiger partial charge in [-0.2, -0.15) is 0 Å². The van der Waals surface area contributed by atoms with Gasteiger partial charge in [0.2, 0.25) is 0 Å². The molecule has 2 atom stereocenters. The predicted molar refractivity (Wildman–Crippen MR) is 147 cm³/mol. The van der Waals surface area contributed by atoms with E-state index in [1.807, 2.05) is 35.5 Å². The molecule has 192 valence electrons. The molecule has 1 fully saturated rings. The Morgan fingerprint density at radius 1 is 1.11 bits per heavy atom. The molecular weight excluding hydrogens is 510 g/mol. The molecule has 0 saturated carbocycles. The number of hydrogen-bond acceptors (Lipinski definition) is 6. The van der Waals surface area contributed by atoms with Gasteiger partial charge in [-0.1, -0.05) is 29.8 Å². The number of nitrogens with zero attached hydrogens (tertiary/aromatic N) is 4. The number of carbonyl (C=O) groups excluding carboxylic acids is 1. The number of para-hydroxylation sites is 2. The van der Waals surface area contributed by atoms with Crippen LogP contribution in [0.3, 0.4) is 0 Å². The van der Waals surface area contributed by atoms with Gasteiger partial charge < -0.3 is 14.8 Å². The Bertz CT molecular complexity index is 1540. The summed E-state index contributed by atoms with van der Waals surface area (Å²) < 4.78 is 27.8. The standard InChI is InChI=1S/C27H28ClN5O3S/c1-37(35,36)25-17-32(14-11-19(25)12-15-33-18-30-22-8-2-3-10-24(22)33)26-23(9-5-13-29-26)31-27(34)20-6-4-7-21(28)16-20/h2-10,13,16,18-19,25H,11-12,14-15,17H2,1H3,(H,31,34). The lowest BCUT2D eigenvalue weighted by molar-refractivity contribution is 0.102. The molecule has 0 radical (unpaired) electrons. The van der Waals surface area contributed by atoms with Crippen LogP contribution in [0.25, 0.3) is 11.0 Å². The predicted octanol–water partition coefficient (Wildman–Crippen LogP) is 4.67. The zero-order valence-electron chi connectivity index (χ0n) is 20.4. The summed E-state index contributed by atoms with van der Waals surface area (Å²) in [7, 11) is -3.33. The Morgan fingerprint density at radius 2 is 1.95 bits per heavy atom. The van der Waals surface area contributed by atoms with Crippen LogP contribution in [0.4, 0.5) is 11.5 Å². The van der Waals surface area contributed by atoms with Crippen molar-refractivity contribution in [2.24, 2.45) is 5.92 Å². The number of anilines is 2. The molecule has 3 heterocycles. The highest BCUT2D eigenvalue weighted by atomic mass is 35.5. The molecule has 2 unspecified atom stereocenters. The molecule has 37 heavy (non-hydrogen) atoms. The Morgan fingerprint density at radius 3 is 2.76 bits per heavy atom. The van der Waals surface area contributed by atoms with E-state index in [4.69, 9.17) is 11.6 Å². The molecule has 1 amide bonds. The number of imidazole rings is 1. The van der Waals surface area contributed by atoms with E-state index in [1.165, 1.54) is 6.26 Å². The maximum Gasteiger partial charge on any atom is 0.255 e. The third-order valence-corrected chi connectivity index (χ3v) is 8.80. The maximum atomic E-state index is 12.9. The zero-order valence-corrected chi connectivity index (χ0v) is 22.0. The van der Waals surface area contributed by atoms with Gasteiger partial charge in [0.1, 0.15) is 0 Å². The molecule has 10 heteroatoms. The number of carbonyl (C=O) groups is 1. The van der Waals surface area contributed by atoms with Gasteiger partial charge in [0.15, 0.2) is 15.7 Å². The quantitative estimate of drug-likeness (QED) is 0.368. The molecule has 2 aromatic carbocycles. The number of pyridine rings is 1. The summed E-state index contributed by atoms with van der Waals surface area (Å²) in [6.07, 6.45) is 6.20. The third kappa shape index (κ3) is 5.62. The van der Waals surface area contributed by atoms with Gasteiger partial charge in [0, 0.05) is 42.7 Å². The van der Waals surface area contributed by atoms with Crippen LogP contribution in [0.2, 0.25) is 5.02 Å². The second kappa shape index (κ2) is 10.5. The fourth-order valence-corrected chi connectivity index (χ4v) is 6.65. The van der Waals surface area contributed by atoms with E-state index in [0.717, 1.165) is 17.5 Å². The minimum Gasteiger partial charge on any atom is -0.354 e. The summed E-state index contributed by atoms with van der Waals surface area (Å²) >= 11 is 6.04. The van der Waals surface area contributed by atoms with Gasteiger partial charge >= 0.3 is 0 Å². The van der Waals surface area contributed by atoms with E-state index in [2.05, 4.69) is 19.9 Å². The SMILES string of the molecule is CS(=O)(=O)C1CN(c2ncccc2NC(=O)c2cccc(Cl)c2)CCC1CCn1cnc2ccccc21. The van der Waals surface area contributed by atoms with E-state index < -0.39 is 15.1 Å². The molecule has 0 aliphatic carbocycles. The fourth-order valence-electron chi connectivity index (χ4n) is 5.04. The number of hydrogen-bond donors (Lipinski definition) is 1. The first-order chi connectivity index (χ1) is 17.8. The second-order valence-corrected chi connectivity index (χ2v) is 12.1. The molecule has 5 rings (SSSR count). The van der Waals surface area contributed by atoms with Gasteiger partial charge in [-0.05, 0) is 61.2 Å². The van der Waals surface area contributed by atoms with Crippen molar-refractivity contribution in [1.82, 2.24) is 14.5 Å². The molecule has 0 bridgehead atoms. The smallest absolute Gasteiger partial charge is 0.255 e. The van der Waals surface area contributed by atoms with Crippen molar-refractivity contribution in [3.05, 3.63) is 83.8 Å². The van der Waals surface area contributed by atoms with Crippen molar-refractivity contribution < 1.29 is 13.2 Å². The van der Waals surface area contributed by atoms with Crippen molar-refractivity contribution >= 4 is 49.9 Å². The molecule has 1 saturated heterocycles. The third-order valence-electron chi connectivity index (χ3n) is 6.94. The van der Waals surface area contributed by atoms with E-state index in [1.54, 1.807) is 42.6 Å². The lowest BCUT2D eigenvalue weighted by Gasteiger charge is -2.39. The van der Waals surface area contributed by atoms with Crippen molar-refractivity contribution in [3.63, 3.8) is 0 Å². The molecule has 1 aliphatic heterocycles. The largest absolute Gasteiger partial charge is 0.354 e. The van der Waals surface area contributed by atoms with Crippen LogP contribution in [-0.4, -0.2) is 53.5 Å². The van der Waals surface area contributed by atoms with Crippen LogP contribution >= 0.6 is 11.6 Å². The van der Waals surface area contributed by atoms with Crippen molar-refractivity contribution in [1.29, 1.82) is 0 Å². The molecule has 1 N–H and O–H groups in total. The highest BCUT2D eigenvalue weighted by Crippen LogP contribution is 2.32. The van der Waals surface area contributed by atoms with E-state index in [-0.39, 0.29) is 11.8 Å². The molecule has 2 aromatic heterocycles. The first-order valence-electron chi connectivity index (χ1n) is 12.2. The number of sulfone groups is 1. The highest BCUT2D eigenvalue weighted by Gasteiger charge is 2.37. The number of aryl methyl sites for hydroxylation is 1. The zero-order chi connectivity index (χ0) is 26.0. The molecule has 8 nitrogen and oxygen atoms in total. The first-order valence-corrected chi connectivity index (χ1v) is 14.5. The molecule has 4 aromatic rings. The second-order valence-electron chi connectivity index (χ2n) is 9.42. The number of nitrogens with one attached hydrogen (secondary N) is 1. The van der Waals surface area contributed by atoms with Crippen LogP contribution in [0.1, 0.15) is 23.2 Å².